The van der Waals surface area contributed by atoms with Crippen LogP contribution < -0.4 is 11.1 Å². The number of hydrogen-bond donors (Lipinski definition) is 4. The largest absolute Gasteiger partial charge is 0.507 e. The van der Waals surface area contributed by atoms with Crippen LogP contribution in [0.25, 0.3) is 0 Å². The average Bonchev–Trinajstić information content (AvgIpc) is 2.77. The summed E-state index contributed by atoms with van der Waals surface area (Å²) in [6.45, 7) is 5.35. The lowest BCUT2D eigenvalue weighted by Gasteiger charge is -2.52. The predicted octanol–water partition coefficient (Wildman–Crippen LogP) is -0.387. The van der Waals surface area contributed by atoms with E-state index >= 15 is 0 Å². The number of fused-ring (bicyclic) bond motifs is 3. The highest BCUT2D eigenvalue weighted by atomic mass is 16.3. The number of likely N-dealkylation sites (N-methyl/N-ethyl adjacent to an activating group) is 1. The summed E-state index contributed by atoms with van der Waals surface area (Å²) in [5.74, 6) is -9.88. The number of nitrogens with two attached hydrogens (primary N) is 1. The van der Waals surface area contributed by atoms with Crippen molar-refractivity contribution < 1.29 is 34.2 Å². The molecule has 36 heavy (non-hydrogen) atoms. The Morgan fingerprint density at radius 2 is 1.86 bits per heavy atom. The first kappa shape index (κ1) is 26.1. The van der Waals surface area contributed by atoms with Crippen LogP contribution in [0.2, 0.25) is 0 Å². The zero-order valence-electron chi connectivity index (χ0n) is 20.9. The second-order valence-electron chi connectivity index (χ2n) is 10.9. The molecule has 10 heteroatoms. The fourth-order valence-corrected chi connectivity index (χ4v) is 6.33. The van der Waals surface area contributed by atoms with Gasteiger partial charge in [-0.05, 0) is 62.5 Å². The Morgan fingerprint density at radius 3 is 2.44 bits per heavy atom. The van der Waals surface area contributed by atoms with Crippen LogP contribution >= 0.6 is 0 Å². The van der Waals surface area contributed by atoms with Gasteiger partial charge in [0.2, 0.25) is 5.91 Å². The van der Waals surface area contributed by atoms with E-state index in [1.807, 2.05) is 0 Å². The van der Waals surface area contributed by atoms with Crippen LogP contribution in [0.1, 0.15) is 41.8 Å². The molecular formula is C26H33N3O7. The molecule has 3 aliphatic rings. The molecule has 194 valence electrons. The Bertz CT molecular complexity index is 1160. The molecule has 0 saturated heterocycles. The van der Waals surface area contributed by atoms with Gasteiger partial charge in [0.15, 0.2) is 34.7 Å². The number of primary amides is 1. The molecule has 1 aromatic rings. The van der Waals surface area contributed by atoms with Gasteiger partial charge in [0.05, 0.1) is 17.5 Å². The SMILES string of the molecule is CC(C)CNCc1ccc(O)c2c1C[C@@H]1C[C@@H]3C(N(C)C)C(=O)C(C(N)=O)C(=O)[C@]3(O)C(=O)C1C2=O. The summed E-state index contributed by atoms with van der Waals surface area (Å²) in [5.41, 5.74) is 4.08. The topological polar surface area (TPSA) is 167 Å². The number of nitrogens with one attached hydrogen (secondary N) is 1. The number of Topliss-reactive ketones (excluding diaryl/α,β-unsaturated/α-hetero) is 4. The summed E-state index contributed by atoms with van der Waals surface area (Å²) >= 11 is 0. The molecule has 5 N–H and O–H groups in total. The van der Waals surface area contributed by atoms with E-state index < -0.39 is 64.4 Å². The molecule has 2 saturated carbocycles. The van der Waals surface area contributed by atoms with E-state index in [9.17, 15) is 34.2 Å². The maximum absolute atomic E-state index is 13.8. The lowest BCUT2D eigenvalue weighted by Crippen LogP contribution is -2.74. The van der Waals surface area contributed by atoms with Gasteiger partial charge < -0.3 is 21.3 Å². The van der Waals surface area contributed by atoms with Gasteiger partial charge in [-0.1, -0.05) is 19.9 Å². The third kappa shape index (κ3) is 3.79. The predicted molar refractivity (Wildman–Crippen MR) is 128 cm³/mol. The van der Waals surface area contributed by atoms with E-state index in [0.717, 1.165) is 12.1 Å². The molecule has 0 aliphatic heterocycles. The van der Waals surface area contributed by atoms with Crippen molar-refractivity contribution in [2.75, 3.05) is 20.6 Å². The molecule has 2 fully saturated rings. The summed E-state index contributed by atoms with van der Waals surface area (Å²) < 4.78 is 0. The van der Waals surface area contributed by atoms with Gasteiger partial charge in [-0.2, -0.15) is 0 Å². The Hall–Kier alpha value is -2.95. The Morgan fingerprint density at radius 1 is 1.19 bits per heavy atom. The Labute approximate surface area is 209 Å². The van der Waals surface area contributed by atoms with Gasteiger partial charge in [-0.15, -0.1) is 0 Å². The van der Waals surface area contributed by atoms with Crippen LogP contribution in [0.4, 0.5) is 0 Å². The van der Waals surface area contributed by atoms with Crippen LogP contribution in [-0.4, -0.2) is 76.4 Å². The Balaban J connectivity index is 1.79. The van der Waals surface area contributed by atoms with Crippen molar-refractivity contribution in [1.82, 2.24) is 10.2 Å². The van der Waals surface area contributed by atoms with Crippen molar-refractivity contribution in [3.8, 4) is 5.75 Å². The Kier molecular flexibility index (Phi) is 6.65. The first-order valence-corrected chi connectivity index (χ1v) is 12.2. The number of phenolic OH excluding ortho intramolecular Hbond substituents is 1. The quantitative estimate of drug-likeness (QED) is 0.381. The third-order valence-electron chi connectivity index (χ3n) is 7.91. The average molecular weight is 500 g/mol. The summed E-state index contributed by atoms with van der Waals surface area (Å²) in [6, 6.07) is 2.04. The minimum absolute atomic E-state index is 0.0189. The molecule has 0 radical (unpaired) electrons. The molecule has 0 aromatic heterocycles. The molecule has 4 rings (SSSR count). The highest BCUT2D eigenvalue weighted by molar-refractivity contribution is 6.32. The molecular weight excluding hydrogens is 466 g/mol. The number of hydrogen-bond acceptors (Lipinski definition) is 9. The summed E-state index contributed by atoms with van der Waals surface area (Å²) in [7, 11) is 3.12. The molecule has 3 unspecified atom stereocenters. The van der Waals surface area contributed by atoms with E-state index in [1.165, 1.54) is 11.0 Å². The van der Waals surface area contributed by atoms with Crippen molar-refractivity contribution in [2.24, 2.45) is 35.3 Å². The van der Waals surface area contributed by atoms with E-state index in [4.69, 9.17) is 5.73 Å². The molecule has 0 bridgehead atoms. The molecule has 1 amide bonds. The normalized spacial score (nSPS) is 31.9. The zero-order valence-corrected chi connectivity index (χ0v) is 20.9. The lowest BCUT2D eigenvalue weighted by molar-refractivity contribution is -0.181. The molecule has 10 nitrogen and oxygen atoms in total. The molecule has 0 spiro atoms. The second kappa shape index (κ2) is 9.17. The van der Waals surface area contributed by atoms with Crippen LogP contribution in [-0.2, 0) is 32.1 Å². The van der Waals surface area contributed by atoms with Gasteiger partial charge in [0.25, 0.3) is 0 Å². The van der Waals surface area contributed by atoms with Crippen molar-refractivity contribution >= 4 is 29.0 Å². The van der Waals surface area contributed by atoms with Crippen LogP contribution in [0.15, 0.2) is 12.1 Å². The minimum atomic E-state index is -2.71. The first-order valence-electron chi connectivity index (χ1n) is 12.2. The molecule has 0 heterocycles. The molecule has 6 atom stereocenters. The van der Waals surface area contributed by atoms with E-state index in [1.54, 1.807) is 20.2 Å². The van der Waals surface area contributed by atoms with E-state index in [-0.39, 0.29) is 24.2 Å². The van der Waals surface area contributed by atoms with Gasteiger partial charge in [0, 0.05) is 12.5 Å². The number of aliphatic hydroxyl groups is 1. The van der Waals surface area contributed by atoms with Crippen molar-refractivity contribution in [2.45, 2.75) is 44.9 Å². The first-order chi connectivity index (χ1) is 16.8. The standard InChI is InChI=1S/C26H33N3O7/c1-11(2)9-28-10-12-5-6-16(30)18-14(12)7-13-8-15-20(29(3)4)22(32)19(25(27)35)24(34)26(15,36)23(33)17(13)21(18)31/h5-6,11,13,15,17,19-20,28,30,36H,7-10H2,1-4H3,(H2,27,35)/t13-,15-,17?,19?,20?,26-/m1/s1. The molecule has 3 aliphatic carbocycles. The number of phenols is 1. The number of ketones is 4. The molecule has 1 aromatic carbocycles. The highest BCUT2D eigenvalue weighted by Gasteiger charge is 2.69. The number of nitrogens with zero attached hydrogens (tertiary/aromatic N) is 1. The fraction of sp³-hybridized carbons (Fsp3) is 0.577. The van der Waals surface area contributed by atoms with E-state index in [0.29, 0.717) is 18.0 Å². The van der Waals surface area contributed by atoms with Crippen molar-refractivity contribution in [3.63, 3.8) is 0 Å². The van der Waals surface area contributed by atoms with Crippen LogP contribution in [0, 0.1) is 29.6 Å². The highest BCUT2D eigenvalue weighted by Crippen LogP contribution is 2.50. The summed E-state index contributed by atoms with van der Waals surface area (Å²) in [4.78, 5) is 67.3. The van der Waals surface area contributed by atoms with Crippen molar-refractivity contribution in [3.05, 3.63) is 28.8 Å². The van der Waals surface area contributed by atoms with Gasteiger partial charge in [0.1, 0.15) is 5.75 Å². The van der Waals surface area contributed by atoms with E-state index in [2.05, 4.69) is 19.2 Å². The number of carbonyl (C=O) groups excluding carboxylic acids is 5. The van der Waals surface area contributed by atoms with Crippen LogP contribution in [0.5, 0.6) is 5.75 Å². The smallest absolute Gasteiger partial charge is 0.235 e. The second-order valence-corrected chi connectivity index (χ2v) is 10.9. The number of benzene rings is 1. The van der Waals surface area contributed by atoms with Gasteiger partial charge >= 0.3 is 0 Å². The van der Waals surface area contributed by atoms with Gasteiger partial charge in [-0.25, -0.2) is 0 Å². The number of rotatable bonds is 6. The monoisotopic (exact) mass is 499 g/mol. The third-order valence-corrected chi connectivity index (χ3v) is 7.91. The number of carbonyl (C=O) groups is 5. The maximum Gasteiger partial charge on any atom is 0.235 e. The van der Waals surface area contributed by atoms with Gasteiger partial charge in [-0.3, -0.25) is 28.9 Å². The van der Waals surface area contributed by atoms with Crippen molar-refractivity contribution in [1.29, 1.82) is 0 Å². The van der Waals surface area contributed by atoms with Crippen LogP contribution in [0.3, 0.4) is 0 Å². The summed E-state index contributed by atoms with van der Waals surface area (Å²) in [6.07, 6.45) is 0.303. The zero-order chi connectivity index (χ0) is 26.7. The summed E-state index contributed by atoms with van der Waals surface area (Å²) in [5, 5.41) is 25.5. The number of aromatic hydroxyl groups is 1. The number of amides is 1. The minimum Gasteiger partial charge on any atom is -0.507 e. The lowest BCUT2D eigenvalue weighted by atomic mass is 9.52. The maximum atomic E-state index is 13.8. The fourth-order valence-electron chi connectivity index (χ4n) is 6.33.